The van der Waals surface area contributed by atoms with E-state index in [9.17, 15) is 9.90 Å². The van der Waals surface area contributed by atoms with Gasteiger partial charge in [-0.05, 0) is 41.7 Å². The number of hydrogen-bond acceptors (Lipinski definition) is 6. The molecule has 0 aliphatic carbocycles. The molecule has 0 radical (unpaired) electrons. The van der Waals surface area contributed by atoms with Crippen LogP contribution in [-0.4, -0.2) is 33.8 Å². The number of benzene rings is 1. The summed E-state index contributed by atoms with van der Waals surface area (Å²) in [6, 6.07) is 5.61. The van der Waals surface area contributed by atoms with Gasteiger partial charge < -0.3 is 15.2 Å². The number of carbonyl (C=O) groups excluding carboxylic acids is 1. The highest BCUT2D eigenvalue weighted by Crippen LogP contribution is 2.28. The molecule has 1 aliphatic heterocycles. The minimum atomic E-state index is -0.749. The summed E-state index contributed by atoms with van der Waals surface area (Å²) in [4.78, 5) is 12.4. The summed E-state index contributed by atoms with van der Waals surface area (Å²) in [6.45, 7) is 2.56. The molecule has 0 fully saturated rings. The molecule has 0 unspecified atom stereocenters. The summed E-state index contributed by atoms with van der Waals surface area (Å²) in [5.74, 6) is 0.618. The molecule has 1 aliphatic rings. The molecule has 110 valence electrons. The number of nitrogens with one attached hydrogen (secondary N) is 1. The summed E-state index contributed by atoms with van der Waals surface area (Å²) >= 11 is 1.05. The first-order valence-electron chi connectivity index (χ1n) is 6.66. The third-order valence-corrected chi connectivity index (χ3v) is 4.24. The Morgan fingerprint density at radius 1 is 1.57 bits per heavy atom. The van der Waals surface area contributed by atoms with Crippen LogP contribution in [0.4, 0.5) is 0 Å². The molecule has 2 N–H and O–H groups in total. The van der Waals surface area contributed by atoms with Gasteiger partial charge in [0.25, 0.3) is 5.91 Å². The number of fused-ring (bicyclic) bond motifs is 1. The zero-order valence-electron chi connectivity index (χ0n) is 11.5. The maximum atomic E-state index is 11.9. The van der Waals surface area contributed by atoms with Gasteiger partial charge in [0.1, 0.15) is 10.6 Å². The van der Waals surface area contributed by atoms with Gasteiger partial charge >= 0.3 is 0 Å². The normalized spacial score (nSPS) is 14.4. The van der Waals surface area contributed by atoms with Crippen molar-refractivity contribution in [1.29, 1.82) is 0 Å². The Kier molecular flexibility index (Phi) is 3.85. The van der Waals surface area contributed by atoms with Crippen molar-refractivity contribution in [2.45, 2.75) is 19.4 Å². The van der Waals surface area contributed by atoms with Crippen molar-refractivity contribution >= 4 is 17.4 Å². The Bertz CT molecular complexity index is 671. The highest BCUT2D eigenvalue weighted by atomic mass is 32.1. The van der Waals surface area contributed by atoms with Crippen LogP contribution in [0.25, 0.3) is 0 Å². The first-order chi connectivity index (χ1) is 10.1. The molecule has 1 aromatic heterocycles. The quantitative estimate of drug-likeness (QED) is 0.888. The van der Waals surface area contributed by atoms with Crippen molar-refractivity contribution in [3.8, 4) is 5.75 Å². The second-order valence-electron chi connectivity index (χ2n) is 4.88. The van der Waals surface area contributed by atoms with Gasteiger partial charge in [0, 0.05) is 13.0 Å². The van der Waals surface area contributed by atoms with Crippen LogP contribution >= 0.6 is 11.5 Å². The summed E-state index contributed by atoms with van der Waals surface area (Å²) in [6.07, 6.45) is 0.106. The molecular weight excluding hydrogens is 290 g/mol. The molecule has 1 amide bonds. The first kappa shape index (κ1) is 14.0. The largest absolute Gasteiger partial charge is 0.493 e. The van der Waals surface area contributed by atoms with Crippen LogP contribution in [0.3, 0.4) is 0 Å². The fourth-order valence-electron chi connectivity index (χ4n) is 2.24. The smallest absolute Gasteiger partial charge is 0.265 e. The maximum Gasteiger partial charge on any atom is 0.265 e. The van der Waals surface area contributed by atoms with E-state index in [1.165, 1.54) is 0 Å². The minimum absolute atomic E-state index is 0.149. The van der Waals surface area contributed by atoms with E-state index in [0.717, 1.165) is 34.8 Å². The van der Waals surface area contributed by atoms with E-state index in [1.54, 1.807) is 6.92 Å². The number of aryl methyl sites for hydroxylation is 1. The summed E-state index contributed by atoms with van der Waals surface area (Å²) in [7, 11) is 0. The molecule has 21 heavy (non-hydrogen) atoms. The average Bonchev–Trinajstić information content (AvgIpc) is 3.11. The fraction of sp³-hybridized carbons (Fsp3) is 0.357. The number of hydrogen-bond donors (Lipinski definition) is 2. The van der Waals surface area contributed by atoms with Crippen molar-refractivity contribution in [2.75, 3.05) is 13.2 Å². The lowest BCUT2D eigenvalue weighted by atomic mass is 10.0. The lowest BCUT2D eigenvalue weighted by molar-refractivity contribution is 0.0919. The third-order valence-electron chi connectivity index (χ3n) is 3.41. The van der Waals surface area contributed by atoms with Crippen LogP contribution in [0.15, 0.2) is 18.2 Å². The van der Waals surface area contributed by atoms with E-state index in [0.29, 0.717) is 17.2 Å². The molecule has 6 nitrogen and oxygen atoms in total. The van der Waals surface area contributed by atoms with E-state index in [1.807, 2.05) is 18.2 Å². The van der Waals surface area contributed by atoms with Gasteiger partial charge in [0.15, 0.2) is 0 Å². The number of ether oxygens (including phenoxy) is 1. The Hall–Kier alpha value is -1.99. The first-order valence-corrected chi connectivity index (χ1v) is 7.43. The van der Waals surface area contributed by atoms with Gasteiger partial charge in [0.2, 0.25) is 0 Å². The Morgan fingerprint density at radius 2 is 2.43 bits per heavy atom. The lowest BCUT2D eigenvalue weighted by Gasteiger charge is -2.13. The molecule has 0 saturated carbocycles. The summed E-state index contributed by atoms with van der Waals surface area (Å²) in [5.41, 5.74) is 2.47. The van der Waals surface area contributed by atoms with E-state index >= 15 is 0 Å². The molecule has 1 atom stereocenters. The van der Waals surface area contributed by atoms with Gasteiger partial charge in [-0.25, -0.2) is 0 Å². The van der Waals surface area contributed by atoms with E-state index < -0.39 is 6.10 Å². The second-order valence-corrected chi connectivity index (χ2v) is 5.63. The van der Waals surface area contributed by atoms with Crippen molar-refractivity contribution in [3.05, 3.63) is 39.9 Å². The average molecular weight is 305 g/mol. The topological polar surface area (TPSA) is 84.3 Å². The van der Waals surface area contributed by atoms with Gasteiger partial charge in [-0.2, -0.15) is 0 Å². The van der Waals surface area contributed by atoms with E-state index in [-0.39, 0.29) is 12.5 Å². The standard InChI is InChI=1S/C14H15N3O3S/c1-8-13(21-17-16-8)14(19)15-7-11(18)9-2-3-12-10(6-9)4-5-20-12/h2-3,6,11,18H,4-5,7H2,1H3,(H,15,19)/t11-/m1/s1. The maximum absolute atomic E-state index is 11.9. The molecule has 3 rings (SSSR count). The Balaban J connectivity index is 1.63. The predicted molar refractivity (Wildman–Crippen MR) is 77.6 cm³/mol. The van der Waals surface area contributed by atoms with Gasteiger partial charge in [-0.1, -0.05) is 10.6 Å². The summed E-state index contributed by atoms with van der Waals surface area (Å²) < 4.78 is 9.15. The number of carbonyl (C=O) groups is 1. The molecule has 1 aromatic carbocycles. The van der Waals surface area contributed by atoms with Gasteiger partial charge in [-0.3, -0.25) is 4.79 Å². The van der Waals surface area contributed by atoms with Crippen molar-refractivity contribution in [1.82, 2.24) is 14.9 Å². The van der Waals surface area contributed by atoms with Crippen LogP contribution < -0.4 is 10.1 Å². The van der Waals surface area contributed by atoms with Crippen LogP contribution in [-0.2, 0) is 6.42 Å². The molecule has 0 bridgehead atoms. The highest BCUT2D eigenvalue weighted by molar-refractivity contribution is 7.07. The Labute approximate surface area is 125 Å². The molecule has 0 saturated heterocycles. The number of rotatable bonds is 4. The van der Waals surface area contributed by atoms with Gasteiger partial charge in [0.05, 0.1) is 18.4 Å². The SMILES string of the molecule is Cc1nnsc1C(=O)NC[C@@H](O)c1ccc2c(c1)CCO2. The zero-order chi connectivity index (χ0) is 14.8. The van der Waals surface area contributed by atoms with Crippen LogP contribution in [0.5, 0.6) is 5.75 Å². The van der Waals surface area contributed by atoms with Gasteiger partial charge in [-0.15, -0.1) is 5.10 Å². The molecule has 0 spiro atoms. The number of amides is 1. The molecule has 2 heterocycles. The highest BCUT2D eigenvalue weighted by Gasteiger charge is 2.18. The number of aromatic nitrogens is 2. The molecule has 7 heteroatoms. The zero-order valence-corrected chi connectivity index (χ0v) is 12.3. The fourth-order valence-corrected chi connectivity index (χ4v) is 2.81. The predicted octanol–water partition coefficient (Wildman–Crippen LogP) is 1.24. The van der Waals surface area contributed by atoms with E-state index in [4.69, 9.17) is 4.74 Å². The third kappa shape index (κ3) is 2.88. The molecular formula is C14H15N3O3S. The van der Waals surface area contributed by atoms with Crippen LogP contribution in [0.2, 0.25) is 0 Å². The van der Waals surface area contributed by atoms with E-state index in [2.05, 4.69) is 14.9 Å². The van der Waals surface area contributed by atoms with Crippen LogP contribution in [0.1, 0.15) is 32.6 Å². The minimum Gasteiger partial charge on any atom is -0.493 e. The number of aliphatic hydroxyl groups is 1. The summed E-state index contributed by atoms with van der Waals surface area (Å²) in [5, 5.41) is 16.7. The van der Waals surface area contributed by atoms with Crippen molar-refractivity contribution < 1.29 is 14.6 Å². The van der Waals surface area contributed by atoms with Crippen molar-refractivity contribution in [2.24, 2.45) is 0 Å². The Morgan fingerprint density at radius 3 is 3.19 bits per heavy atom. The number of nitrogens with zero attached hydrogens (tertiary/aromatic N) is 2. The van der Waals surface area contributed by atoms with Crippen LogP contribution in [0, 0.1) is 6.92 Å². The molecule has 2 aromatic rings. The second kappa shape index (κ2) is 5.79. The monoisotopic (exact) mass is 305 g/mol. The lowest BCUT2D eigenvalue weighted by Crippen LogP contribution is -2.28. The number of aliphatic hydroxyl groups excluding tert-OH is 1. The van der Waals surface area contributed by atoms with Crippen molar-refractivity contribution in [3.63, 3.8) is 0 Å².